The van der Waals surface area contributed by atoms with Crippen LogP contribution in [0, 0.1) is 0 Å². The number of para-hydroxylation sites is 1. The summed E-state index contributed by atoms with van der Waals surface area (Å²) in [6.07, 6.45) is 2.00. The number of thioether (sulfide) groups is 1. The Hall–Kier alpha value is -6.26. The van der Waals surface area contributed by atoms with Crippen LogP contribution < -0.4 is 20.7 Å². The number of hydrogen-bond donors (Lipinski definition) is 3. The lowest BCUT2D eigenvalue weighted by atomic mass is 9.83. The predicted octanol–water partition coefficient (Wildman–Crippen LogP) is 7.39. The van der Waals surface area contributed by atoms with E-state index in [-0.39, 0.29) is 40.0 Å². The van der Waals surface area contributed by atoms with Crippen molar-refractivity contribution in [2.24, 2.45) is 0 Å². The van der Waals surface area contributed by atoms with Crippen molar-refractivity contribution in [2.75, 3.05) is 17.7 Å². The highest BCUT2D eigenvalue weighted by molar-refractivity contribution is 8.00. The minimum absolute atomic E-state index is 0.000864. The van der Waals surface area contributed by atoms with E-state index >= 15 is 0 Å². The van der Waals surface area contributed by atoms with Gasteiger partial charge in [0.25, 0.3) is 11.8 Å². The van der Waals surface area contributed by atoms with Gasteiger partial charge < -0.3 is 20.7 Å². The smallest absolute Gasteiger partial charge is 0.272 e. The van der Waals surface area contributed by atoms with Crippen LogP contribution in [0.5, 0.6) is 5.75 Å². The van der Waals surface area contributed by atoms with Gasteiger partial charge in [-0.15, -0.1) is 11.8 Å². The summed E-state index contributed by atoms with van der Waals surface area (Å²) in [7, 11) is 1.52. The lowest BCUT2D eigenvalue weighted by molar-refractivity contribution is -0.116. The molecule has 9 nitrogen and oxygen atoms in total. The summed E-state index contributed by atoms with van der Waals surface area (Å²) in [6.45, 7) is 1.87. The van der Waals surface area contributed by atoms with Crippen LogP contribution >= 0.6 is 11.8 Å². The number of carbonyl (C=O) groups excluding carboxylic acids is 5. The SMILES string of the molecule is CCC(Sc1cccc(NC(=O)/C(=C\c2ccccc2OC)NC(=O)c2ccccc2)c1)C(=O)Nc1cccc2c1C(=O)c1ccccc1C2=O. The molecule has 0 bridgehead atoms. The fraction of sp³-hybridized carbons (Fsp3) is 0.0976. The van der Waals surface area contributed by atoms with Crippen LogP contribution in [-0.2, 0) is 9.59 Å². The maximum atomic E-state index is 13.7. The molecule has 0 heterocycles. The van der Waals surface area contributed by atoms with E-state index in [1.165, 1.54) is 18.9 Å². The molecule has 5 aromatic carbocycles. The monoisotopic (exact) mass is 695 g/mol. The van der Waals surface area contributed by atoms with Crippen LogP contribution in [0.2, 0.25) is 0 Å². The van der Waals surface area contributed by atoms with Crippen molar-refractivity contribution in [2.45, 2.75) is 23.5 Å². The lowest BCUT2D eigenvalue weighted by Gasteiger charge is -2.21. The van der Waals surface area contributed by atoms with E-state index in [2.05, 4.69) is 16.0 Å². The fourth-order valence-electron chi connectivity index (χ4n) is 5.68. The molecule has 0 saturated heterocycles. The predicted molar refractivity (Wildman–Crippen MR) is 198 cm³/mol. The van der Waals surface area contributed by atoms with Crippen LogP contribution in [-0.4, -0.2) is 41.6 Å². The van der Waals surface area contributed by atoms with Crippen molar-refractivity contribution in [3.05, 3.63) is 160 Å². The topological polar surface area (TPSA) is 131 Å². The molecule has 0 aliphatic heterocycles. The molecular formula is C41H33N3O6S. The van der Waals surface area contributed by atoms with Gasteiger partial charge in [-0.1, -0.05) is 85.8 Å². The van der Waals surface area contributed by atoms with Crippen LogP contribution in [0.3, 0.4) is 0 Å². The maximum absolute atomic E-state index is 13.7. The summed E-state index contributed by atoms with van der Waals surface area (Å²) in [5.41, 5.74) is 2.77. The average Bonchev–Trinajstić information content (AvgIpc) is 3.16. The Morgan fingerprint density at radius 1 is 0.745 bits per heavy atom. The molecule has 1 aliphatic rings. The second-order valence-corrected chi connectivity index (χ2v) is 12.8. The summed E-state index contributed by atoms with van der Waals surface area (Å²) in [5, 5.41) is 7.91. The number of fused-ring (bicyclic) bond motifs is 2. The Labute approximate surface area is 299 Å². The molecule has 3 N–H and O–H groups in total. The summed E-state index contributed by atoms with van der Waals surface area (Å²) in [5.74, 6) is -1.42. The quantitative estimate of drug-likeness (QED) is 0.0952. The number of nitrogens with one attached hydrogen (secondary N) is 3. The van der Waals surface area contributed by atoms with Crippen LogP contribution in [0.4, 0.5) is 11.4 Å². The normalized spacial score (nSPS) is 12.6. The largest absolute Gasteiger partial charge is 0.496 e. The van der Waals surface area contributed by atoms with Gasteiger partial charge in [0, 0.05) is 38.4 Å². The summed E-state index contributed by atoms with van der Waals surface area (Å²) >= 11 is 1.29. The van der Waals surface area contributed by atoms with Crippen molar-refractivity contribution < 1.29 is 28.7 Å². The number of amides is 3. The van der Waals surface area contributed by atoms with Gasteiger partial charge in [-0.3, -0.25) is 24.0 Å². The maximum Gasteiger partial charge on any atom is 0.272 e. The van der Waals surface area contributed by atoms with Crippen molar-refractivity contribution >= 4 is 58.5 Å². The molecule has 0 aromatic heterocycles. The van der Waals surface area contributed by atoms with Gasteiger partial charge in [-0.2, -0.15) is 0 Å². The van der Waals surface area contributed by atoms with Crippen LogP contribution in [0.25, 0.3) is 6.08 Å². The third kappa shape index (κ3) is 7.66. The number of anilines is 2. The number of hydrogen-bond acceptors (Lipinski definition) is 7. The number of carbonyl (C=O) groups is 5. The second kappa shape index (κ2) is 15.5. The molecule has 3 amide bonds. The number of rotatable bonds is 11. The Morgan fingerprint density at radius 2 is 1.41 bits per heavy atom. The molecule has 10 heteroatoms. The van der Waals surface area contributed by atoms with E-state index in [4.69, 9.17) is 4.74 Å². The first-order valence-corrected chi connectivity index (χ1v) is 17.1. The highest BCUT2D eigenvalue weighted by atomic mass is 32.2. The van der Waals surface area contributed by atoms with Gasteiger partial charge in [0.05, 0.1) is 23.6 Å². The highest BCUT2D eigenvalue weighted by Crippen LogP contribution is 2.34. The molecule has 0 spiro atoms. The number of methoxy groups -OCH3 is 1. The van der Waals surface area contributed by atoms with Gasteiger partial charge in [-0.05, 0) is 55.0 Å². The molecule has 6 rings (SSSR count). The number of benzene rings is 5. The van der Waals surface area contributed by atoms with E-state index in [0.717, 1.165) is 0 Å². The van der Waals surface area contributed by atoms with E-state index in [9.17, 15) is 24.0 Å². The number of ketones is 2. The van der Waals surface area contributed by atoms with Gasteiger partial charge in [0.2, 0.25) is 5.91 Å². The molecule has 254 valence electrons. The molecular weight excluding hydrogens is 663 g/mol. The van der Waals surface area contributed by atoms with Crippen LogP contribution in [0.15, 0.2) is 132 Å². The molecule has 0 radical (unpaired) electrons. The zero-order chi connectivity index (χ0) is 35.9. The summed E-state index contributed by atoms with van der Waals surface area (Å²) < 4.78 is 5.45. The molecule has 51 heavy (non-hydrogen) atoms. The van der Waals surface area contributed by atoms with Gasteiger partial charge in [-0.25, -0.2) is 0 Å². The van der Waals surface area contributed by atoms with E-state index < -0.39 is 17.1 Å². The van der Waals surface area contributed by atoms with Gasteiger partial charge in [0.1, 0.15) is 11.4 Å². The number of ether oxygens (including phenoxy) is 1. The van der Waals surface area contributed by atoms with Gasteiger partial charge in [0.15, 0.2) is 11.6 Å². The van der Waals surface area contributed by atoms with Crippen molar-refractivity contribution in [3.8, 4) is 5.75 Å². The van der Waals surface area contributed by atoms with E-state index in [1.54, 1.807) is 121 Å². The first-order valence-electron chi connectivity index (χ1n) is 16.2. The first-order chi connectivity index (χ1) is 24.8. The molecule has 1 unspecified atom stereocenters. The second-order valence-electron chi connectivity index (χ2n) is 11.5. The highest BCUT2D eigenvalue weighted by Gasteiger charge is 2.32. The first kappa shape index (κ1) is 34.6. The van der Waals surface area contributed by atoms with Crippen LogP contribution in [0.1, 0.15) is 61.1 Å². The Balaban J connectivity index is 1.19. The van der Waals surface area contributed by atoms with Crippen molar-refractivity contribution in [1.82, 2.24) is 5.32 Å². The van der Waals surface area contributed by atoms with Gasteiger partial charge >= 0.3 is 0 Å². The average molecular weight is 696 g/mol. The van der Waals surface area contributed by atoms with Crippen molar-refractivity contribution in [1.29, 1.82) is 0 Å². The Kier molecular flexibility index (Phi) is 10.5. The zero-order valence-corrected chi connectivity index (χ0v) is 28.6. The molecule has 0 saturated carbocycles. The molecule has 1 aliphatic carbocycles. The Bertz CT molecular complexity index is 2200. The third-order valence-electron chi connectivity index (χ3n) is 8.21. The zero-order valence-electron chi connectivity index (χ0n) is 27.8. The van der Waals surface area contributed by atoms with E-state index in [1.807, 2.05) is 13.0 Å². The molecule has 5 aromatic rings. The molecule has 1 atom stereocenters. The summed E-state index contributed by atoms with van der Waals surface area (Å²) in [4.78, 5) is 67.7. The standard InChI is InChI=1S/C41H33N3O6S/c1-3-35(41(49)43-32-21-12-20-31-36(32)38(46)30-19-9-8-18-29(30)37(31)45)51-28-17-11-16-27(24-28)42-40(48)33(23-26-15-7-10-22-34(26)50-2)44-39(47)25-13-5-4-6-14-25/h4-24,35H,3H2,1-2H3,(H,42,48)(H,43,49)(H,44,47)/b33-23+. The minimum Gasteiger partial charge on any atom is -0.496 e. The Morgan fingerprint density at radius 3 is 2.16 bits per heavy atom. The lowest BCUT2D eigenvalue weighted by Crippen LogP contribution is -2.30. The van der Waals surface area contributed by atoms with E-state index in [0.29, 0.717) is 45.0 Å². The molecule has 0 fully saturated rings. The van der Waals surface area contributed by atoms with Crippen molar-refractivity contribution in [3.63, 3.8) is 0 Å². The fourth-order valence-corrected chi connectivity index (χ4v) is 6.69. The third-order valence-corrected chi connectivity index (χ3v) is 9.57. The summed E-state index contributed by atoms with van der Waals surface area (Å²) in [6, 6.07) is 34.2. The minimum atomic E-state index is -0.570.